The second-order valence-electron chi connectivity index (χ2n) is 3.49. The SMILES string of the molecule is O=C(O)CC(O)CC1CCCC(=O)O1. The summed E-state index contributed by atoms with van der Waals surface area (Å²) in [7, 11) is 0. The molecule has 0 amide bonds. The van der Waals surface area contributed by atoms with E-state index < -0.39 is 12.1 Å². The topological polar surface area (TPSA) is 83.8 Å². The van der Waals surface area contributed by atoms with Crippen LogP contribution in [0.5, 0.6) is 0 Å². The Morgan fingerprint density at radius 1 is 1.64 bits per heavy atom. The number of carboxylic acid groups (broad SMARTS) is 1. The average molecular weight is 202 g/mol. The molecule has 1 heterocycles. The van der Waals surface area contributed by atoms with E-state index in [0.717, 1.165) is 6.42 Å². The lowest BCUT2D eigenvalue weighted by atomic mass is 10.0. The molecule has 1 aliphatic heterocycles. The van der Waals surface area contributed by atoms with E-state index >= 15 is 0 Å². The van der Waals surface area contributed by atoms with Gasteiger partial charge in [-0.15, -0.1) is 0 Å². The van der Waals surface area contributed by atoms with Gasteiger partial charge < -0.3 is 14.9 Å². The van der Waals surface area contributed by atoms with Gasteiger partial charge in [0.15, 0.2) is 0 Å². The molecule has 2 unspecified atom stereocenters. The van der Waals surface area contributed by atoms with Crippen LogP contribution in [0.4, 0.5) is 0 Å². The largest absolute Gasteiger partial charge is 0.481 e. The number of esters is 1. The molecule has 2 atom stereocenters. The van der Waals surface area contributed by atoms with Crippen molar-refractivity contribution in [2.45, 2.75) is 44.3 Å². The number of aliphatic hydroxyl groups excluding tert-OH is 1. The lowest BCUT2D eigenvalue weighted by Gasteiger charge is -2.23. The lowest BCUT2D eigenvalue weighted by molar-refractivity contribution is -0.155. The van der Waals surface area contributed by atoms with Crippen molar-refractivity contribution in [3.8, 4) is 0 Å². The first-order chi connectivity index (χ1) is 6.58. The summed E-state index contributed by atoms with van der Waals surface area (Å²) in [5.74, 6) is -1.30. The van der Waals surface area contributed by atoms with Crippen LogP contribution in [0.3, 0.4) is 0 Å². The molecule has 0 spiro atoms. The summed E-state index contributed by atoms with van der Waals surface area (Å²) in [4.78, 5) is 21.1. The van der Waals surface area contributed by atoms with Crippen LogP contribution in [0.25, 0.3) is 0 Å². The minimum atomic E-state index is -1.04. The highest BCUT2D eigenvalue weighted by Crippen LogP contribution is 2.18. The Hall–Kier alpha value is -1.10. The summed E-state index contributed by atoms with van der Waals surface area (Å²) in [6.45, 7) is 0. The molecule has 5 heteroatoms. The van der Waals surface area contributed by atoms with Gasteiger partial charge in [-0.2, -0.15) is 0 Å². The van der Waals surface area contributed by atoms with Gasteiger partial charge in [0.05, 0.1) is 12.5 Å². The second-order valence-corrected chi connectivity index (χ2v) is 3.49. The van der Waals surface area contributed by atoms with Gasteiger partial charge in [0.2, 0.25) is 0 Å². The fourth-order valence-corrected chi connectivity index (χ4v) is 1.53. The maximum absolute atomic E-state index is 10.9. The molecule has 0 aromatic carbocycles. The van der Waals surface area contributed by atoms with Crippen LogP contribution < -0.4 is 0 Å². The van der Waals surface area contributed by atoms with Crippen molar-refractivity contribution in [1.82, 2.24) is 0 Å². The Bertz CT molecular complexity index is 225. The summed E-state index contributed by atoms with van der Waals surface area (Å²) in [6.07, 6.45) is 0.567. The quantitative estimate of drug-likeness (QED) is 0.641. The fourth-order valence-electron chi connectivity index (χ4n) is 1.53. The minimum absolute atomic E-state index is 0.220. The molecule has 5 nitrogen and oxygen atoms in total. The maximum Gasteiger partial charge on any atom is 0.306 e. The molecule has 2 N–H and O–H groups in total. The number of aliphatic hydroxyl groups is 1. The number of aliphatic carboxylic acids is 1. The summed E-state index contributed by atoms with van der Waals surface area (Å²) >= 11 is 0. The third-order valence-electron chi connectivity index (χ3n) is 2.15. The van der Waals surface area contributed by atoms with Crippen molar-refractivity contribution >= 4 is 11.9 Å². The zero-order valence-electron chi connectivity index (χ0n) is 7.81. The van der Waals surface area contributed by atoms with Crippen LogP contribution in [0.2, 0.25) is 0 Å². The van der Waals surface area contributed by atoms with Crippen molar-refractivity contribution < 1.29 is 24.5 Å². The van der Waals surface area contributed by atoms with Crippen LogP contribution in [0.1, 0.15) is 32.1 Å². The van der Waals surface area contributed by atoms with Crippen LogP contribution in [-0.4, -0.2) is 34.4 Å². The maximum atomic E-state index is 10.9. The van der Waals surface area contributed by atoms with Crippen LogP contribution >= 0.6 is 0 Å². The summed E-state index contributed by atoms with van der Waals surface area (Å²) < 4.78 is 4.95. The van der Waals surface area contributed by atoms with Crippen molar-refractivity contribution in [3.05, 3.63) is 0 Å². The fraction of sp³-hybridized carbons (Fsp3) is 0.778. The zero-order chi connectivity index (χ0) is 10.6. The number of ether oxygens (including phenoxy) is 1. The predicted molar refractivity (Wildman–Crippen MR) is 46.6 cm³/mol. The smallest absolute Gasteiger partial charge is 0.306 e. The van der Waals surface area contributed by atoms with E-state index in [4.69, 9.17) is 9.84 Å². The molecule has 1 fully saturated rings. The number of hydrogen-bond acceptors (Lipinski definition) is 4. The second kappa shape index (κ2) is 4.95. The van der Waals surface area contributed by atoms with Crippen LogP contribution in [-0.2, 0) is 14.3 Å². The van der Waals surface area contributed by atoms with Gasteiger partial charge in [0, 0.05) is 12.8 Å². The van der Waals surface area contributed by atoms with E-state index in [1.54, 1.807) is 0 Å². The normalized spacial score (nSPS) is 24.1. The lowest BCUT2D eigenvalue weighted by Crippen LogP contribution is -2.28. The van der Waals surface area contributed by atoms with Crippen LogP contribution in [0, 0.1) is 0 Å². The van der Waals surface area contributed by atoms with Crippen molar-refractivity contribution in [2.24, 2.45) is 0 Å². The van der Waals surface area contributed by atoms with Gasteiger partial charge >= 0.3 is 11.9 Å². The van der Waals surface area contributed by atoms with E-state index in [-0.39, 0.29) is 24.9 Å². The summed E-state index contributed by atoms with van der Waals surface area (Å²) in [5.41, 5.74) is 0. The molecular formula is C9H14O5. The average Bonchev–Trinajstić information content (AvgIpc) is 2.01. The first-order valence-corrected chi connectivity index (χ1v) is 4.67. The first kappa shape index (κ1) is 11.0. The number of rotatable bonds is 4. The molecule has 14 heavy (non-hydrogen) atoms. The highest BCUT2D eigenvalue weighted by molar-refractivity contribution is 5.70. The molecule has 0 bridgehead atoms. The monoisotopic (exact) mass is 202 g/mol. The minimum Gasteiger partial charge on any atom is -0.481 e. The zero-order valence-corrected chi connectivity index (χ0v) is 7.81. The van der Waals surface area contributed by atoms with Crippen molar-refractivity contribution in [1.29, 1.82) is 0 Å². The number of carbonyl (C=O) groups is 2. The Balaban J connectivity index is 2.28. The number of hydrogen-bond donors (Lipinski definition) is 2. The molecular weight excluding hydrogens is 188 g/mol. The Morgan fingerprint density at radius 3 is 2.93 bits per heavy atom. The van der Waals surface area contributed by atoms with E-state index in [1.165, 1.54) is 0 Å². The Morgan fingerprint density at radius 2 is 2.36 bits per heavy atom. The molecule has 0 aliphatic carbocycles. The van der Waals surface area contributed by atoms with E-state index in [1.807, 2.05) is 0 Å². The van der Waals surface area contributed by atoms with Crippen molar-refractivity contribution in [2.75, 3.05) is 0 Å². The van der Waals surface area contributed by atoms with E-state index in [9.17, 15) is 14.7 Å². The molecule has 80 valence electrons. The first-order valence-electron chi connectivity index (χ1n) is 4.67. The van der Waals surface area contributed by atoms with Gasteiger partial charge in [-0.05, 0) is 12.8 Å². The van der Waals surface area contributed by atoms with Gasteiger partial charge in [-0.1, -0.05) is 0 Å². The Labute approximate surface area is 81.7 Å². The standard InChI is InChI=1S/C9H14O5/c10-6(5-8(11)12)4-7-2-1-3-9(13)14-7/h6-7,10H,1-5H2,(H,11,12). The number of carbonyl (C=O) groups excluding carboxylic acids is 1. The van der Waals surface area contributed by atoms with E-state index in [2.05, 4.69) is 0 Å². The molecule has 1 rings (SSSR count). The molecule has 0 saturated carbocycles. The molecule has 1 saturated heterocycles. The summed E-state index contributed by atoms with van der Waals surface area (Å²) in [5, 5.41) is 17.7. The molecule has 0 aromatic rings. The van der Waals surface area contributed by atoms with Gasteiger partial charge in [0.1, 0.15) is 6.10 Å². The Kier molecular flexibility index (Phi) is 3.88. The molecule has 1 aliphatic rings. The highest BCUT2D eigenvalue weighted by atomic mass is 16.5. The molecule has 0 radical (unpaired) electrons. The number of carboxylic acids is 1. The highest BCUT2D eigenvalue weighted by Gasteiger charge is 2.23. The predicted octanol–water partition coefficient (Wildman–Crippen LogP) is 0.308. The van der Waals surface area contributed by atoms with Crippen molar-refractivity contribution in [3.63, 3.8) is 0 Å². The third-order valence-corrected chi connectivity index (χ3v) is 2.15. The van der Waals surface area contributed by atoms with E-state index in [0.29, 0.717) is 12.8 Å². The van der Waals surface area contributed by atoms with Gasteiger partial charge in [-0.25, -0.2) is 0 Å². The van der Waals surface area contributed by atoms with Gasteiger partial charge in [0.25, 0.3) is 0 Å². The number of cyclic esters (lactones) is 1. The third kappa shape index (κ3) is 3.74. The van der Waals surface area contributed by atoms with Gasteiger partial charge in [-0.3, -0.25) is 9.59 Å². The summed E-state index contributed by atoms with van der Waals surface area (Å²) in [6, 6.07) is 0. The van der Waals surface area contributed by atoms with Crippen LogP contribution in [0.15, 0.2) is 0 Å². The molecule has 0 aromatic heterocycles.